The molecule has 0 saturated heterocycles. The largest absolute Gasteiger partial charge is 0.504 e. The predicted molar refractivity (Wildman–Crippen MR) is 69.0 cm³/mol. The van der Waals surface area contributed by atoms with Crippen molar-refractivity contribution in [2.24, 2.45) is 5.92 Å². The van der Waals surface area contributed by atoms with Crippen molar-refractivity contribution < 1.29 is 24.2 Å². The maximum absolute atomic E-state index is 11.4. The third-order valence-corrected chi connectivity index (χ3v) is 2.17. The Hall–Kier alpha value is -2.30. The van der Waals surface area contributed by atoms with E-state index in [1.54, 1.807) is 13.8 Å². The van der Waals surface area contributed by atoms with Gasteiger partial charge in [0.1, 0.15) is 5.75 Å². The summed E-state index contributed by atoms with van der Waals surface area (Å²) in [7, 11) is 0. The van der Waals surface area contributed by atoms with E-state index in [2.05, 4.69) is 6.58 Å². The van der Waals surface area contributed by atoms with E-state index >= 15 is 0 Å². The number of ether oxygens (including phenoxy) is 2. The number of hydrogen-bond acceptors (Lipinski definition) is 5. The van der Waals surface area contributed by atoms with Gasteiger partial charge in [-0.05, 0) is 19.1 Å². The van der Waals surface area contributed by atoms with E-state index in [1.165, 1.54) is 25.1 Å². The first-order chi connectivity index (χ1) is 8.81. The van der Waals surface area contributed by atoms with Crippen LogP contribution in [0.3, 0.4) is 0 Å². The van der Waals surface area contributed by atoms with Gasteiger partial charge in [0.05, 0.1) is 5.92 Å². The van der Waals surface area contributed by atoms with Gasteiger partial charge in [-0.1, -0.05) is 20.4 Å². The molecular weight excluding hydrogens is 248 g/mol. The summed E-state index contributed by atoms with van der Waals surface area (Å²) in [6.07, 6.45) is 0. The van der Waals surface area contributed by atoms with E-state index in [9.17, 15) is 14.7 Å². The van der Waals surface area contributed by atoms with Gasteiger partial charge in [-0.3, -0.25) is 4.79 Å². The number of carbonyl (C=O) groups is 2. The Bertz CT molecular complexity index is 517. The van der Waals surface area contributed by atoms with Crippen molar-refractivity contribution in [3.63, 3.8) is 0 Å². The van der Waals surface area contributed by atoms with E-state index in [4.69, 9.17) is 9.47 Å². The van der Waals surface area contributed by atoms with Gasteiger partial charge in [0.2, 0.25) is 0 Å². The molecule has 0 amide bonds. The Morgan fingerprint density at radius 1 is 1.26 bits per heavy atom. The van der Waals surface area contributed by atoms with Crippen molar-refractivity contribution in [2.45, 2.75) is 20.8 Å². The van der Waals surface area contributed by atoms with Crippen LogP contribution in [0.2, 0.25) is 0 Å². The Labute approximate surface area is 111 Å². The molecule has 1 aromatic carbocycles. The number of carbonyl (C=O) groups excluding carboxylic acids is 2. The van der Waals surface area contributed by atoms with E-state index in [1.807, 2.05) is 0 Å². The van der Waals surface area contributed by atoms with Crippen molar-refractivity contribution >= 4 is 11.9 Å². The molecule has 0 aliphatic carbocycles. The standard InChI is InChI=1S/C14H16O5/c1-8(2)13(16)18-10-5-6-11(15)12(7-10)19-14(17)9(3)4/h5-8,15H,3H2,1-2,4H3. The zero-order valence-corrected chi connectivity index (χ0v) is 11.1. The van der Waals surface area contributed by atoms with Crippen LogP contribution in [0, 0.1) is 5.92 Å². The maximum atomic E-state index is 11.4. The zero-order valence-electron chi connectivity index (χ0n) is 11.1. The van der Waals surface area contributed by atoms with Crippen molar-refractivity contribution in [1.29, 1.82) is 0 Å². The van der Waals surface area contributed by atoms with Crippen molar-refractivity contribution in [2.75, 3.05) is 0 Å². The fraction of sp³-hybridized carbons (Fsp3) is 0.286. The SMILES string of the molecule is C=C(C)C(=O)Oc1cc(OC(=O)C(C)C)ccc1O. The molecule has 5 heteroatoms. The highest BCUT2D eigenvalue weighted by atomic mass is 16.5. The molecule has 102 valence electrons. The van der Waals surface area contributed by atoms with Crippen LogP contribution in [0.4, 0.5) is 0 Å². The molecule has 5 nitrogen and oxygen atoms in total. The molecule has 0 radical (unpaired) electrons. The maximum Gasteiger partial charge on any atom is 0.338 e. The van der Waals surface area contributed by atoms with E-state index < -0.39 is 11.9 Å². The van der Waals surface area contributed by atoms with E-state index in [0.717, 1.165) is 0 Å². The lowest BCUT2D eigenvalue weighted by Gasteiger charge is -2.10. The van der Waals surface area contributed by atoms with Gasteiger partial charge >= 0.3 is 11.9 Å². The van der Waals surface area contributed by atoms with Crippen LogP contribution >= 0.6 is 0 Å². The molecule has 19 heavy (non-hydrogen) atoms. The predicted octanol–water partition coefficient (Wildman–Crippen LogP) is 2.44. The van der Waals surface area contributed by atoms with Crippen LogP contribution in [-0.4, -0.2) is 17.0 Å². The van der Waals surface area contributed by atoms with Gasteiger partial charge in [-0.2, -0.15) is 0 Å². The lowest BCUT2D eigenvalue weighted by atomic mass is 10.2. The number of hydrogen-bond donors (Lipinski definition) is 1. The molecule has 1 rings (SSSR count). The fourth-order valence-corrected chi connectivity index (χ4v) is 1.06. The smallest absolute Gasteiger partial charge is 0.338 e. The zero-order chi connectivity index (χ0) is 14.6. The number of benzene rings is 1. The molecular formula is C14H16O5. The molecule has 0 atom stereocenters. The van der Waals surface area contributed by atoms with Crippen LogP contribution in [0.15, 0.2) is 30.4 Å². The lowest BCUT2D eigenvalue weighted by molar-refractivity contribution is -0.137. The highest BCUT2D eigenvalue weighted by molar-refractivity contribution is 5.89. The Balaban J connectivity index is 2.91. The summed E-state index contributed by atoms with van der Waals surface area (Å²) in [6, 6.07) is 3.97. The Morgan fingerprint density at radius 3 is 2.42 bits per heavy atom. The molecule has 0 aromatic heterocycles. The molecule has 0 aliphatic rings. The molecule has 1 aromatic rings. The van der Waals surface area contributed by atoms with Crippen LogP contribution in [0.25, 0.3) is 0 Å². The van der Waals surface area contributed by atoms with E-state index in [-0.39, 0.29) is 28.7 Å². The summed E-state index contributed by atoms with van der Waals surface area (Å²) in [5, 5.41) is 9.56. The highest BCUT2D eigenvalue weighted by Gasteiger charge is 2.14. The molecule has 0 unspecified atom stereocenters. The van der Waals surface area contributed by atoms with Crippen molar-refractivity contribution in [1.82, 2.24) is 0 Å². The first kappa shape index (κ1) is 14.8. The Morgan fingerprint density at radius 2 is 1.89 bits per heavy atom. The van der Waals surface area contributed by atoms with Crippen LogP contribution in [0.1, 0.15) is 20.8 Å². The second-order valence-corrected chi connectivity index (χ2v) is 4.38. The minimum atomic E-state index is -0.664. The molecule has 0 spiro atoms. The molecule has 0 heterocycles. The minimum absolute atomic E-state index is 0.0814. The first-order valence-electron chi connectivity index (χ1n) is 5.73. The average Bonchev–Trinajstić information content (AvgIpc) is 2.32. The van der Waals surface area contributed by atoms with Crippen LogP contribution < -0.4 is 9.47 Å². The van der Waals surface area contributed by atoms with Gasteiger partial charge in [-0.25, -0.2) is 4.79 Å². The van der Waals surface area contributed by atoms with Crippen LogP contribution in [-0.2, 0) is 9.59 Å². The van der Waals surface area contributed by atoms with Gasteiger partial charge in [0.15, 0.2) is 11.5 Å². The fourth-order valence-electron chi connectivity index (χ4n) is 1.06. The lowest BCUT2D eigenvalue weighted by Crippen LogP contribution is -2.15. The summed E-state index contributed by atoms with van der Waals surface area (Å²) in [5.74, 6) is -1.47. The third-order valence-electron chi connectivity index (χ3n) is 2.17. The topological polar surface area (TPSA) is 72.8 Å². The number of phenols is 1. The summed E-state index contributed by atoms with van der Waals surface area (Å²) in [6.45, 7) is 8.32. The quantitative estimate of drug-likeness (QED) is 0.513. The summed E-state index contributed by atoms with van der Waals surface area (Å²) in [4.78, 5) is 22.8. The minimum Gasteiger partial charge on any atom is -0.504 e. The molecule has 0 aliphatic heterocycles. The normalized spacial score (nSPS) is 10.1. The second-order valence-electron chi connectivity index (χ2n) is 4.38. The molecule has 0 bridgehead atoms. The second kappa shape index (κ2) is 6.04. The third kappa shape index (κ3) is 4.13. The van der Waals surface area contributed by atoms with Crippen LogP contribution in [0.5, 0.6) is 17.2 Å². The highest BCUT2D eigenvalue weighted by Crippen LogP contribution is 2.31. The summed E-state index contributed by atoms with van der Waals surface area (Å²) < 4.78 is 9.96. The Kier molecular flexibility index (Phi) is 4.69. The first-order valence-corrected chi connectivity index (χ1v) is 5.73. The van der Waals surface area contributed by atoms with Crippen molar-refractivity contribution in [3.8, 4) is 17.2 Å². The van der Waals surface area contributed by atoms with Gasteiger partial charge in [0, 0.05) is 11.6 Å². The van der Waals surface area contributed by atoms with Gasteiger partial charge in [0.25, 0.3) is 0 Å². The average molecular weight is 264 g/mol. The van der Waals surface area contributed by atoms with E-state index in [0.29, 0.717) is 0 Å². The summed E-state index contributed by atoms with van der Waals surface area (Å²) >= 11 is 0. The van der Waals surface area contributed by atoms with Crippen molar-refractivity contribution in [3.05, 3.63) is 30.4 Å². The molecule has 1 N–H and O–H groups in total. The van der Waals surface area contributed by atoms with Gasteiger partial charge in [-0.15, -0.1) is 0 Å². The number of rotatable bonds is 4. The number of phenolic OH excluding ortho intramolecular Hbond substituents is 1. The summed E-state index contributed by atoms with van der Waals surface area (Å²) in [5.41, 5.74) is 0.198. The molecule has 0 saturated carbocycles. The monoisotopic (exact) mass is 264 g/mol. The number of esters is 2. The number of aromatic hydroxyl groups is 1. The molecule has 0 fully saturated rings. The van der Waals surface area contributed by atoms with Gasteiger partial charge < -0.3 is 14.6 Å².